The van der Waals surface area contributed by atoms with Gasteiger partial charge in [-0.1, -0.05) is 0 Å². The van der Waals surface area contributed by atoms with Gasteiger partial charge in [0.15, 0.2) is 0 Å². The van der Waals surface area contributed by atoms with Crippen LogP contribution in [0.2, 0.25) is 0 Å². The Morgan fingerprint density at radius 3 is 2.75 bits per heavy atom. The van der Waals surface area contributed by atoms with Crippen molar-refractivity contribution in [2.75, 3.05) is 0 Å². The molecule has 0 bridgehead atoms. The first kappa shape index (κ1) is 13.5. The molecule has 0 aromatic carbocycles. The van der Waals surface area contributed by atoms with Gasteiger partial charge in [0, 0.05) is 18.5 Å². The Balaban J connectivity index is 1.83. The number of nitrogens with zero attached hydrogens (tertiary/aromatic N) is 1. The highest BCUT2D eigenvalue weighted by molar-refractivity contribution is 5.97. The number of carbonyl (C=O) groups excluding carboxylic acids is 2. The van der Waals surface area contributed by atoms with Crippen molar-refractivity contribution < 1.29 is 14.0 Å². The Morgan fingerprint density at radius 1 is 1.25 bits per heavy atom. The first-order chi connectivity index (χ1) is 9.65. The van der Waals surface area contributed by atoms with Gasteiger partial charge in [-0.2, -0.15) is 0 Å². The summed E-state index contributed by atoms with van der Waals surface area (Å²) in [4.78, 5) is 26.9. The van der Waals surface area contributed by atoms with Gasteiger partial charge in [-0.25, -0.2) is 0 Å². The summed E-state index contributed by atoms with van der Waals surface area (Å²) in [6, 6.07) is 6.76. The molecule has 2 aromatic heterocycles. The van der Waals surface area contributed by atoms with Gasteiger partial charge in [-0.3, -0.25) is 25.4 Å². The molecular weight excluding hydrogens is 258 g/mol. The number of nitrogens with one attached hydrogen (secondary N) is 2. The molecular formula is C14H13N3O3. The van der Waals surface area contributed by atoms with Gasteiger partial charge < -0.3 is 4.42 Å². The van der Waals surface area contributed by atoms with Crippen LogP contribution in [0.4, 0.5) is 0 Å². The van der Waals surface area contributed by atoms with Crippen molar-refractivity contribution in [3.63, 3.8) is 0 Å². The molecule has 102 valence electrons. The van der Waals surface area contributed by atoms with Crippen molar-refractivity contribution in [2.45, 2.75) is 6.92 Å². The molecule has 6 heteroatoms. The second kappa shape index (κ2) is 6.33. The van der Waals surface area contributed by atoms with Crippen molar-refractivity contribution in [1.29, 1.82) is 0 Å². The largest absolute Gasteiger partial charge is 0.462 e. The molecule has 2 rings (SSSR count). The lowest BCUT2D eigenvalue weighted by atomic mass is 10.3. The highest BCUT2D eigenvalue weighted by atomic mass is 16.3. The second-order valence-corrected chi connectivity index (χ2v) is 3.97. The number of aryl methyl sites for hydroxylation is 1. The smallest absolute Gasteiger partial charge is 0.271 e. The molecule has 0 saturated heterocycles. The van der Waals surface area contributed by atoms with Crippen LogP contribution >= 0.6 is 0 Å². The monoisotopic (exact) mass is 271 g/mol. The first-order valence-electron chi connectivity index (χ1n) is 5.90. The van der Waals surface area contributed by atoms with E-state index in [0.29, 0.717) is 11.3 Å². The van der Waals surface area contributed by atoms with Gasteiger partial charge in [0.05, 0.1) is 5.56 Å². The molecule has 2 amide bonds. The van der Waals surface area contributed by atoms with Crippen LogP contribution in [0.1, 0.15) is 21.9 Å². The zero-order valence-electron chi connectivity index (χ0n) is 10.8. The maximum Gasteiger partial charge on any atom is 0.271 e. The molecule has 2 N–H and O–H groups in total. The zero-order valence-corrected chi connectivity index (χ0v) is 10.8. The summed E-state index contributed by atoms with van der Waals surface area (Å²) < 4.78 is 5.27. The summed E-state index contributed by atoms with van der Waals surface area (Å²) in [5, 5.41) is 0. The Hall–Kier alpha value is -2.89. The minimum Gasteiger partial charge on any atom is -0.462 e. The minimum atomic E-state index is -0.462. The molecule has 6 nitrogen and oxygen atoms in total. The van der Waals surface area contributed by atoms with Gasteiger partial charge in [0.25, 0.3) is 11.8 Å². The Labute approximate surface area is 115 Å². The van der Waals surface area contributed by atoms with Crippen molar-refractivity contribution in [1.82, 2.24) is 15.8 Å². The standard InChI is InChI=1S/C14H13N3O3/c1-10-4-5-12(20-10)6-7-13(18)16-17-14(19)11-3-2-8-15-9-11/h2-9H,1H3,(H,16,18)(H,17,19)/b7-6+. The van der Waals surface area contributed by atoms with E-state index in [1.807, 2.05) is 6.92 Å². The fourth-order valence-electron chi connectivity index (χ4n) is 1.43. The van der Waals surface area contributed by atoms with E-state index in [1.165, 1.54) is 18.3 Å². The molecule has 2 aromatic rings. The summed E-state index contributed by atoms with van der Waals surface area (Å²) in [7, 11) is 0. The predicted octanol–water partition coefficient (Wildman–Crippen LogP) is 1.46. The van der Waals surface area contributed by atoms with Crippen LogP contribution in [0.3, 0.4) is 0 Å². The van der Waals surface area contributed by atoms with E-state index in [4.69, 9.17) is 4.42 Å². The molecule has 0 radical (unpaired) electrons. The third-order valence-electron chi connectivity index (χ3n) is 2.38. The van der Waals surface area contributed by atoms with Gasteiger partial charge in [0.2, 0.25) is 0 Å². The maximum absolute atomic E-state index is 11.6. The normalized spacial score (nSPS) is 10.4. The molecule has 0 fully saturated rings. The van der Waals surface area contributed by atoms with Crippen molar-refractivity contribution in [3.05, 3.63) is 59.8 Å². The molecule has 0 aliphatic rings. The number of aromatic nitrogens is 1. The summed E-state index contributed by atoms with van der Waals surface area (Å²) in [6.07, 6.45) is 5.74. The fraction of sp³-hybridized carbons (Fsp3) is 0.0714. The number of furan rings is 1. The molecule has 0 saturated carbocycles. The number of carbonyl (C=O) groups is 2. The van der Waals surface area contributed by atoms with Gasteiger partial charge >= 0.3 is 0 Å². The predicted molar refractivity (Wildman–Crippen MR) is 72.3 cm³/mol. The summed E-state index contributed by atoms with van der Waals surface area (Å²) in [5.41, 5.74) is 4.90. The van der Waals surface area contributed by atoms with E-state index < -0.39 is 11.8 Å². The quantitative estimate of drug-likeness (QED) is 0.653. The third kappa shape index (κ3) is 3.81. The molecule has 0 spiro atoms. The van der Waals surface area contributed by atoms with Crippen LogP contribution in [0.5, 0.6) is 0 Å². The Morgan fingerprint density at radius 2 is 2.10 bits per heavy atom. The molecule has 0 aliphatic carbocycles. The van der Waals surface area contributed by atoms with Crippen LogP contribution in [0.25, 0.3) is 6.08 Å². The van der Waals surface area contributed by atoms with E-state index in [0.717, 1.165) is 5.76 Å². The number of hydrogen-bond donors (Lipinski definition) is 2. The maximum atomic E-state index is 11.6. The van der Waals surface area contributed by atoms with Crippen LogP contribution in [0, 0.1) is 6.92 Å². The van der Waals surface area contributed by atoms with Crippen LogP contribution in [0.15, 0.2) is 47.2 Å². The summed E-state index contributed by atoms with van der Waals surface area (Å²) in [5.74, 6) is 0.427. The number of rotatable bonds is 3. The summed E-state index contributed by atoms with van der Waals surface area (Å²) >= 11 is 0. The topological polar surface area (TPSA) is 84.2 Å². The highest BCUT2D eigenvalue weighted by Crippen LogP contribution is 2.07. The van der Waals surface area contributed by atoms with Crippen molar-refractivity contribution in [2.24, 2.45) is 0 Å². The van der Waals surface area contributed by atoms with E-state index in [1.54, 1.807) is 30.5 Å². The molecule has 2 heterocycles. The lowest BCUT2D eigenvalue weighted by Gasteiger charge is -2.04. The van der Waals surface area contributed by atoms with Crippen molar-refractivity contribution >= 4 is 17.9 Å². The van der Waals surface area contributed by atoms with Crippen LogP contribution in [-0.4, -0.2) is 16.8 Å². The highest BCUT2D eigenvalue weighted by Gasteiger charge is 2.05. The van der Waals surface area contributed by atoms with Gasteiger partial charge in [0.1, 0.15) is 11.5 Å². The Bertz CT molecular complexity index is 632. The minimum absolute atomic E-state index is 0.360. The molecule has 0 unspecified atom stereocenters. The fourth-order valence-corrected chi connectivity index (χ4v) is 1.43. The second-order valence-electron chi connectivity index (χ2n) is 3.97. The average Bonchev–Trinajstić information content (AvgIpc) is 2.89. The SMILES string of the molecule is Cc1ccc(/C=C/C(=O)NNC(=O)c2cccnc2)o1. The molecule has 0 aliphatic heterocycles. The van der Waals surface area contributed by atoms with Gasteiger partial charge in [-0.15, -0.1) is 0 Å². The van der Waals surface area contributed by atoms with Crippen LogP contribution in [-0.2, 0) is 4.79 Å². The van der Waals surface area contributed by atoms with E-state index in [9.17, 15) is 9.59 Å². The molecule has 20 heavy (non-hydrogen) atoms. The lowest BCUT2D eigenvalue weighted by Crippen LogP contribution is -2.40. The number of hydrazine groups is 1. The zero-order chi connectivity index (χ0) is 14.4. The molecule has 0 atom stereocenters. The van der Waals surface area contributed by atoms with Crippen LogP contribution < -0.4 is 10.9 Å². The van der Waals surface area contributed by atoms with Gasteiger partial charge in [-0.05, 0) is 37.3 Å². The average molecular weight is 271 g/mol. The lowest BCUT2D eigenvalue weighted by molar-refractivity contribution is -0.117. The number of hydrogen-bond acceptors (Lipinski definition) is 4. The summed E-state index contributed by atoms with van der Waals surface area (Å²) in [6.45, 7) is 1.81. The first-order valence-corrected chi connectivity index (χ1v) is 5.90. The van der Waals surface area contributed by atoms with E-state index in [-0.39, 0.29) is 0 Å². The Kier molecular flexibility index (Phi) is 4.28. The number of pyridine rings is 1. The van der Waals surface area contributed by atoms with E-state index >= 15 is 0 Å². The van der Waals surface area contributed by atoms with Crippen molar-refractivity contribution in [3.8, 4) is 0 Å². The van der Waals surface area contributed by atoms with E-state index in [2.05, 4.69) is 15.8 Å². The number of amides is 2. The third-order valence-corrected chi connectivity index (χ3v) is 2.38.